The van der Waals surface area contributed by atoms with Gasteiger partial charge in [-0.3, -0.25) is 9.78 Å². The molecule has 0 aliphatic carbocycles. The van der Waals surface area contributed by atoms with E-state index in [0.29, 0.717) is 30.5 Å². The van der Waals surface area contributed by atoms with Crippen molar-refractivity contribution in [3.8, 4) is 5.75 Å². The minimum atomic E-state index is -1.85. The molecule has 0 radical (unpaired) electrons. The molecule has 1 saturated heterocycles. The molecule has 32 heavy (non-hydrogen) atoms. The Balaban J connectivity index is 1.70. The summed E-state index contributed by atoms with van der Waals surface area (Å²) >= 11 is 0. The Bertz CT molecular complexity index is 1010. The Hall–Kier alpha value is -3.46. The van der Waals surface area contributed by atoms with Gasteiger partial charge in [0, 0.05) is 18.4 Å². The third-order valence-corrected chi connectivity index (χ3v) is 5.27. The highest BCUT2D eigenvalue weighted by Gasteiger charge is 2.58. The molecular formula is C23H25N3O6. The minimum absolute atomic E-state index is 0.116. The number of esters is 2. The highest BCUT2D eigenvalue weighted by atomic mass is 16.8. The number of amides is 1. The molecule has 0 atom stereocenters. The zero-order valence-electron chi connectivity index (χ0n) is 18.0. The second-order valence-corrected chi connectivity index (χ2v) is 7.95. The number of carbonyl (C=O) groups excluding carboxylic acids is 3. The summed E-state index contributed by atoms with van der Waals surface area (Å²) in [5.74, 6) is -4.18. The summed E-state index contributed by atoms with van der Waals surface area (Å²) in [7, 11) is 0. The van der Waals surface area contributed by atoms with Gasteiger partial charge in [0.1, 0.15) is 5.75 Å². The van der Waals surface area contributed by atoms with Crippen molar-refractivity contribution in [1.29, 1.82) is 0 Å². The number of rotatable bonds is 7. The van der Waals surface area contributed by atoms with Crippen LogP contribution in [0.25, 0.3) is 0 Å². The highest BCUT2D eigenvalue weighted by Crippen LogP contribution is 2.46. The normalized spacial score (nSPS) is 16.7. The first-order valence-corrected chi connectivity index (χ1v) is 10.6. The quantitative estimate of drug-likeness (QED) is 0.398. The van der Waals surface area contributed by atoms with Crippen molar-refractivity contribution >= 4 is 23.5 Å². The summed E-state index contributed by atoms with van der Waals surface area (Å²) in [6.45, 7) is 5.34. The minimum Gasteiger partial charge on any atom is -0.491 e. The monoisotopic (exact) mass is 439 g/mol. The predicted octanol–water partition coefficient (Wildman–Crippen LogP) is 2.20. The van der Waals surface area contributed by atoms with Crippen molar-refractivity contribution in [3.05, 3.63) is 53.9 Å². The van der Waals surface area contributed by atoms with E-state index in [1.165, 1.54) is 11.1 Å². The second kappa shape index (κ2) is 8.96. The van der Waals surface area contributed by atoms with Crippen molar-refractivity contribution in [1.82, 2.24) is 10.3 Å². The van der Waals surface area contributed by atoms with Crippen molar-refractivity contribution in [2.24, 2.45) is 0 Å². The molecule has 9 heteroatoms. The van der Waals surface area contributed by atoms with Crippen molar-refractivity contribution in [2.45, 2.75) is 45.1 Å². The largest absolute Gasteiger partial charge is 0.491 e. The molecule has 1 aromatic heterocycles. The van der Waals surface area contributed by atoms with Crippen LogP contribution in [0.5, 0.6) is 5.75 Å². The molecule has 168 valence electrons. The van der Waals surface area contributed by atoms with E-state index in [2.05, 4.69) is 24.1 Å². The molecule has 1 fully saturated rings. The number of anilines is 1. The molecule has 2 aliphatic rings. The van der Waals surface area contributed by atoms with Crippen LogP contribution < -0.4 is 15.0 Å². The van der Waals surface area contributed by atoms with E-state index in [0.717, 1.165) is 18.5 Å². The van der Waals surface area contributed by atoms with Gasteiger partial charge in [0.25, 0.3) is 5.91 Å². The van der Waals surface area contributed by atoms with Crippen LogP contribution in [0.1, 0.15) is 42.6 Å². The molecule has 1 N–H and O–H groups in total. The fourth-order valence-electron chi connectivity index (χ4n) is 3.82. The lowest BCUT2D eigenvalue weighted by molar-refractivity contribution is -0.179. The Morgan fingerprint density at radius 3 is 2.69 bits per heavy atom. The number of nitrogens with one attached hydrogen (secondary N) is 1. The SMILES string of the molecule is CC(C)NCCCOc1cccc2c1N(C(=O)c1cccnc1)C1(CC2)OC(=O)C(=O)O1. The molecule has 9 nitrogen and oxygen atoms in total. The third-order valence-electron chi connectivity index (χ3n) is 5.27. The fourth-order valence-corrected chi connectivity index (χ4v) is 3.82. The van der Waals surface area contributed by atoms with Gasteiger partial charge >= 0.3 is 17.8 Å². The predicted molar refractivity (Wildman–Crippen MR) is 114 cm³/mol. The van der Waals surface area contributed by atoms with Gasteiger partial charge < -0.3 is 19.5 Å². The van der Waals surface area contributed by atoms with Crippen LogP contribution in [0.2, 0.25) is 0 Å². The molecule has 1 aromatic carbocycles. The molecule has 3 heterocycles. The molecule has 0 unspecified atom stereocenters. The first-order chi connectivity index (χ1) is 15.4. The van der Waals surface area contributed by atoms with Crippen LogP contribution >= 0.6 is 0 Å². The zero-order valence-corrected chi connectivity index (χ0v) is 18.0. The van der Waals surface area contributed by atoms with Gasteiger partial charge in [-0.2, -0.15) is 0 Å². The summed E-state index contributed by atoms with van der Waals surface area (Å²) in [5, 5.41) is 3.33. The van der Waals surface area contributed by atoms with Crippen molar-refractivity contribution < 1.29 is 28.6 Å². The van der Waals surface area contributed by atoms with Gasteiger partial charge in [-0.1, -0.05) is 26.0 Å². The lowest BCUT2D eigenvalue weighted by atomic mass is 9.97. The van der Waals surface area contributed by atoms with Crippen LogP contribution in [-0.2, 0) is 25.5 Å². The van der Waals surface area contributed by atoms with E-state index in [1.54, 1.807) is 24.4 Å². The lowest BCUT2D eigenvalue weighted by Gasteiger charge is -2.41. The van der Waals surface area contributed by atoms with Crippen LogP contribution in [-0.4, -0.2) is 47.9 Å². The van der Waals surface area contributed by atoms with E-state index in [4.69, 9.17) is 14.2 Å². The number of aryl methyl sites for hydroxylation is 1. The third kappa shape index (κ3) is 4.16. The van der Waals surface area contributed by atoms with E-state index < -0.39 is 23.8 Å². The number of hydrogen-bond donors (Lipinski definition) is 1. The first-order valence-electron chi connectivity index (χ1n) is 10.6. The molecule has 4 rings (SSSR count). The van der Waals surface area contributed by atoms with Gasteiger partial charge in [0.2, 0.25) is 0 Å². The maximum absolute atomic E-state index is 13.6. The summed E-state index contributed by atoms with van der Waals surface area (Å²) < 4.78 is 16.7. The van der Waals surface area contributed by atoms with E-state index in [9.17, 15) is 14.4 Å². The summed E-state index contributed by atoms with van der Waals surface area (Å²) in [5.41, 5.74) is 1.51. The van der Waals surface area contributed by atoms with Gasteiger partial charge in [0.15, 0.2) is 0 Å². The second-order valence-electron chi connectivity index (χ2n) is 7.95. The van der Waals surface area contributed by atoms with Crippen LogP contribution in [0.15, 0.2) is 42.7 Å². The number of hydrogen-bond acceptors (Lipinski definition) is 8. The number of para-hydroxylation sites is 1. The zero-order chi connectivity index (χ0) is 22.7. The van der Waals surface area contributed by atoms with Crippen LogP contribution in [0.4, 0.5) is 5.69 Å². The molecule has 1 spiro atoms. The maximum Gasteiger partial charge on any atom is 0.422 e. The van der Waals surface area contributed by atoms with Gasteiger partial charge in [-0.25, -0.2) is 14.5 Å². The molecule has 0 saturated carbocycles. The average molecular weight is 439 g/mol. The molecule has 2 aliphatic heterocycles. The summed E-state index contributed by atoms with van der Waals surface area (Å²) in [6.07, 6.45) is 4.26. The first kappa shape index (κ1) is 21.8. The highest BCUT2D eigenvalue weighted by molar-refractivity contribution is 6.31. The van der Waals surface area contributed by atoms with Crippen molar-refractivity contribution in [3.63, 3.8) is 0 Å². The number of fused-ring (bicyclic) bond motifs is 1. The van der Waals surface area contributed by atoms with E-state index in [-0.39, 0.29) is 12.0 Å². The smallest absolute Gasteiger partial charge is 0.422 e. The number of benzene rings is 1. The van der Waals surface area contributed by atoms with Crippen LogP contribution in [0.3, 0.4) is 0 Å². The summed E-state index contributed by atoms with van der Waals surface area (Å²) in [6, 6.07) is 9.06. The van der Waals surface area contributed by atoms with Gasteiger partial charge in [-0.15, -0.1) is 0 Å². The van der Waals surface area contributed by atoms with Crippen molar-refractivity contribution in [2.75, 3.05) is 18.1 Å². The molecular weight excluding hydrogens is 414 g/mol. The topological polar surface area (TPSA) is 107 Å². The number of ether oxygens (including phenoxy) is 3. The fraction of sp³-hybridized carbons (Fsp3) is 0.391. The van der Waals surface area contributed by atoms with E-state index in [1.807, 2.05) is 12.1 Å². The van der Waals surface area contributed by atoms with E-state index >= 15 is 0 Å². The maximum atomic E-state index is 13.6. The molecule has 1 amide bonds. The average Bonchev–Trinajstić information content (AvgIpc) is 3.07. The lowest BCUT2D eigenvalue weighted by Crippen LogP contribution is -2.56. The molecule has 0 bridgehead atoms. The van der Waals surface area contributed by atoms with Gasteiger partial charge in [-0.05, 0) is 43.1 Å². The summed E-state index contributed by atoms with van der Waals surface area (Å²) in [4.78, 5) is 42.7. The van der Waals surface area contributed by atoms with Gasteiger partial charge in [0.05, 0.1) is 24.3 Å². The molecule has 2 aromatic rings. The Morgan fingerprint density at radius 2 is 2.00 bits per heavy atom. The Labute approximate surface area is 185 Å². The number of pyridine rings is 1. The Morgan fingerprint density at radius 1 is 1.22 bits per heavy atom. The number of aromatic nitrogens is 1. The standard InChI is InChI=1S/C23H25N3O6/c1-15(2)25-12-5-13-30-18-8-3-6-16-9-10-23(31-21(28)22(29)32-23)26(19(16)18)20(27)17-7-4-11-24-14-17/h3-4,6-8,11,14-15,25H,5,9-10,12-13H2,1-2H3. The number of nitrogens with zero attached hydrogens (tertiary/aromatic N) is 2. The Kier molecular flexibility index (Phi) is 6.09. The number of carbonyl (C=O) groups is 3. The van der Waals surface area contributed by atoms with Crippen LogP contribution in [0, 0.1) is 0 Å².